The van der Waals surface area contributed by atoms with Gasteiger partial charge >= 0.3 is 0 Å². The molecular weight excluding hydrogens is 258 g/mol. The number of hydrogen-bond acceptors (Lipinski definition) is 3. The van der Waals surface area contributed by atoms with E-state index in [4.69, 9.17) is 0 Å². The molecule has 3 heteroatoms. The van der Waals surface area contributed by atoms with Gasteiger partial charge in [-0.1, -0.05) is 52.3 Å². The minimum Gasteiger partial charge on any atom is -0.352 e. The van der Waals surface area contributed by atoms with Gasteiger partial charge in [-0.2, -0.15) is 0 Å². The Hall–Kier alpha value is -1.35. The fourth-order valence-electron chi connectivity index (χ4n) is 2.71. The minimum absolute atomic E-state index is 0.290. The van der Waals surface area contributed by atoms with E-state index in [-0.39, 0.29) is 5.41 Å². The van der Waals surface area contributed by atoms with Crippen LogP contribution in [-0.4, -0.2) is 24.1 Å². The minimum atomic E-state index is 0.290. The van der Waals surface area contributed by atoms with Gasteiger partial charge in [0.1, 0.15) is 5.82 Å². The second-order valence-electron chi connectivity index (χ2n) is 7.20. The molecule has 1 aliphatic heterocycles. The van der Waals surface area contributed by atoms with Gasteiger partial charge in [-0.3, -0.25) is 0 Å². The molecule has 0 fully saturated rings. The van der Waals surface area contributed by atoms with E-state index in [2.05, 4.69) is 62.0 Å². The molecule has 0 bridgehead atoms. The third-order valence-corrected chi connectivity index (χ3v) is 4.04. The van der Waals surface area contributed by atoms with E-state index in [1.54, 1.807) is 5.57 Å². The number of hydrogen-bond donors (Lipinski definition) is 1. The van der Waals surface area contributed by atoms with Gasteiger partial charge in [-0.25, -0.2) is 4.98 Å². The normalized spacial score (nSPS) is 16.3. The summed E-state index contributed by atoms with van der Waals surface area (Å²) < 4.78 is 0. The molecule has 1 aromatic heterocycles. The maximum atomic E-state index is 4.62. The van der Waals surface area contributed by atoms with Crippen LogP contribution in [0.5, 0.6) is 0 Å². The lowest BCUT2D eigenvalue weighted by Gasteiger charge is -2.33. The van der Waals surface area contributed by atoms with Gasteiger partial charge in [0, 0.05) is 37.4 Å². The summed E-state index contributed by atoms with van der Waals surface area (Å²) in [6.45, 7) is 14.2. The molecule has 1 aromatic rings. The zero-order chi connectivity index (χ0) is 15.5. The fourth-order valence-corrected chi connectivity index (χ4v) is 2.71. The van der Waals surface area contributed by atoms with E-state index in [9.17, 15) is 0 Å². The van der Waals surface area contributed by atoms with Crippen LogP contribution in [0.3, 0.4) is 0 Å². The lowest BCUT2D eigenvalue weighted by atomic mass is 9.83. The Kier molecular flexibility index (Phi) is 5.04. The summed E-state index contributed by atoms with van der Waals surface area (Å²) in [7, 11) is 0. The maximum absolute atomic E-state index is 4.62. The predicted molar refractivity (Wildman–Crippen MR) is 90.6 cm³/mol. The van der Waals surface area contributed by atoms with E-state index in [1.807, 2.05) is 12.3 Å². The molecule has 0 spiro atoms. The Morgan fingerprint density at radius 1 is 1.33 bits per heavy atom. The Bertz CT molecular complexity index is 497. The average molecular weight is 287 g/mol. The molecule has 0 unspecified atom stereocenters. The number of anilines is 1. The summed E-state index contributed by atoms with van der Waals surface area (Å²) in [5.74, 6) is 1.13. The molecule has 0 saturated carbocycles. The standard InChI is InChI=1S/C18H29N3/c1-14(2)20-13-15-7-6-10-19-17(15)21-11-8-16(9-12-21)18(3,4)5/h6-8,10,14,20H,9,11-13H2,1-5H3. The van der Waals surface area contributed by atoms with E-state index < -0.39 is 0 Å². The van der Waals surface area contributed by atoms with Crippen LogP contribution in [0.2, 0.25) is 0 Å². The number of nitrogens with zero attached hydrogens (tertiary/aromatic N) is 2. The van der Waals surface area contributed by atoms with Crippen molar-refractivity contribution in [1.82, 2.24) is 10.3 Å². The van der Waals surface area contributed by atoms with Crippen molar-refractivity contribution in [3.8, 4) is 0 Å². The van der Waals surface area contributed by atoms with Crippen LogP contribution >= 0.6 is 0 Å². The average Bonchev–Trinajstić information content (AvgIpc) is 2.44. The quantitative estimate of drug-likeness (QED) is 0.855. The predicted octanol–water partition coefficient (Wildman–Crippen LogP) is 3.76. The first kappa shape index (κ1) is 16.0. The molecule has 2 rings (SSSR count). The molecule has 0 atom stereocenters. The van der Waals surface area contributed by atoms with Crippen molar-refractivity contribution in [3.05, 3.63) is 35.5 Å². The first-order valence-corrected chi connectivity index (χ1v) is 7.99. The molecule has 0 aromatic carbocycles. The van der Waals surface area contributed by atoms with Crippen LogP contribution in [0.15, 0.2) is 30.0 Å². The smallest absolute Gasteiger partial charge is 0.133 e. The molecule has 0 amide bonds. The molecule has 0 radical (unpaired) electrons. The third kappa shape index (κ3) is 4.31. The lowest BCUT2D eigenvalue weighted by Crippen LogP contribution is -2.33. The van der Waals surface area contributed by atoms with Crippen molar-refractivity contribution in [1.29, 1.82) is 0 Å². The molecule has 1 N–H and O–H groups in total. The molecular formula is C18H29N3. The monoisotopic (exact) mass is 287 g/mol. The highest BCUT2D eigenvalue weighted by Crippen LogP contribution is 2.31. The van der Waals surface area contributed by atoms with Gasteiger partial charge in [0.15, 0.2) is 0 Å². The number of aromatic nitrogens is 1. The van der Waals surface area contributed by atoms with Gasteiger partial charge in [-0.15, -0.1) is 0 Å². The number of rotatable bonds is 4. The van der Waals surface area contributed by atoms with E-state index >= 15 is 0 Å². The van der Waals surface area contributed by atoms with Crippen molar-refractivity contribution in [2.45, 2.75) is 53.6 Å². The molecule has 3 nitrogen and oxygen atoms in total. The van der Waals surface area contributed by atoms with Crippen molar-refractivity contribution in [2.24, 2.45) is 5.41 Å². The second-order valence-corrected chi connectivity index (χ2v) is 7.20. The van der Waals surface area contributed by atoms with Crippen LogP contribution in [0.4, 0.5) is 5.82 Å². The number of nitrogens with one attached hydrogen (secondary N) is 1. The summed E-state index contributed by atoms with van der Waals surface area (Å²) in [6, 6.07) is 4.70. The Labute approximate surface area is 129 Å². The van der Waals surface area contributed by atoms with Crippen molar-refractivity contribution in [3.63, 3.8) is 0 Å². The van der Waals surface area contributed by atoms with Crippen LogP contribution < -0.4 is 10.2 Å². The second kappa shape index (κ2) is 6.61. The van der Waals surface area contributed by atoms with E-state index in [0.717, 1.165) is 31.9 Å². The van der Waals surface area contributed by atoms with Gasteiger partial charge in [-0.05, 0) is 17.9 Å². The van der Waals surface area contributed by atoms with E-state index in [1.165, 1.54) is 5.56 Å². The lowest BCUT2D eigenvalue weighted by molar-refractivity contribution is 0.472. The Balaban J connectivity index is 2.11. The van der Waals surface area contributed by atoms with Crippen molar-refractivity contribution < 1.29 is 0 Å². The van der Waals surface area contributed by atoms with Crippen molar-refractivity contribution in [2.75, 3.05) is 18.0 Å². The van der Waals surface area contributed by atoms with Crippen LogP contribution in [-0.2, 0) is 6.54 Å². The molecule has 2 heterocycles. The highest BCUT2D eigenvalue weighted by atomic mass is 15.2. The fraction of sp³-hybridized carbons (Fsp3) is 0.611. The molecule has 0 saturated heterocycles. The first-order chi connectivity index (χ1) is 9.88. The van der Waals surface area contributed by atoms with Crippen LogP contribution in [0, 0.1) is 5.41 Å². The molecule has 116 valence electrons. The summed E-state index contributed by atoms with van der Waals surface area (Å²) >= 11 is 0. The Morgan fingerprint density at radius 3 is 2.67 bits per heavy atom. The highest BCUT2D eigenvalue weighted by Gasteiger charge is 2.22. The number of pyridine rings is 1. The summed E-state index contributed by atoms with van der Waals surface area (Å²) in [5.41, 5.74) is 3.15. The van der Waals surface area contributed by atoms with Gasteiger partial charge in [0.05, 0.1) is 0 Å². The summed E-state index contributed by atoms with van der Waals surface area (Å²) in [6.07, 6.45) is 5.42. The first-order valence-electron chi connectivity index (χ1n) is 7.99. The molecule has 0 aliphatic carbocycles. The van der Waals surface area contributed by atoms with Gasteiger partial charge < -0.3 is 10.2 Å². The molecule has 1 aliphatic rings. The van der Waals surface area contributed by atoms with Gasteiger partial charge in [0.2, 0.25) is 0 Å². The largest absolute Gasteiger partial charge is 0.352 e. The van der Waals surface area contributed by atoms with E-state index in [0.29, 0.717) is 6.04 Å². The van der Waals surface area contributed by atoms with Crippen molar-refractivity contribution >= 4 is 5.82 Å². The Morgan fingerprint density at radius 2 is 2.10 bits per heavy atom. The SMILES string of the molecule is CC(C)NCc1cccnc1N1CC=C(C(C)(C)C)CC1. The summed E-state index contributed by atoms with van der Waals surface area (Å²) in [5, 5.41) is 3.49. The summed E-state index contributed by atoms with van der Waals surface area (Å²) in [4.78, 5) is 7.02. The van der Waals surface area contributed by atoms with Crippen LogP contribution in [0.25, 0.3) is 0 Å². The zero-order valence-corrected chi connectivity index (χ0v) is 14.1. The molecule has 21 heavy (non-hydrogen) atoms. The topological polar surface area (TPSA) is 28.2 Å². The maximum Gasteiger partial charge on any atom is 0.133 e. The zero-order valence-electron chi connectivity index (χ0n) is 14.1. The third-order valence-electron chi connectivity index (χ3n) is 4.04. The van der Waals surface area contributed by atoms with Gasteiger partial charge in [0.25, 0.3) is 0 Å². The highest BCUT2D eigenvalue weighted by molar-refractivity contribution is 5.48. The van der Waals surface area contributed by atoms with Crippen LogP contribution in [0.1, 0.15) is 46.6 Å².